The van der Waals surface area contributed by atoms with Crippen molar-refractivity contribution in [3.63, 3.8) is 0 Å². The van der Waals surface area contributed by atoms with Gasteiger partial charge in [0, 0.05) is 17.6 Å². The van der Waals surface area contributed by atoms with E-state index in [1.807, 2.05) is 12.1 Å². The Balaban J connectivity index is 1.80. The van der Waals surface area contributed by atoms with E-state index in [9.17, 15) is 4.79 Å². The van der Waals surface area contributed by atoms with Gasteiger partial charge in [0.15, 0.2) is 5.75 Å². The number of unbranched alkanes of at least 4 members (excludes halogenated alkanes) is 12. The molecule has 0 aromatic heterocycles. The average molecular weight is 457 g/mol. The minimum atomic E-state index is -0.306. The van der Waals surface area contributed by atoms with Gasteiger partial charge in [-0.15, -0.1) is 0 Å². The second kappa shape index (κ2) is 17.8. The Morgan fingerprint density at radius 3 is 1.75 bits per heavy atom. The van der Waals surface area contributed by atoms with Gasteiger partial charge in [0.1, 0.15) is 0 Å². The molecule has 0 aliphatic heterocycles. The van der Waals surface area contributed by atoms with E-state index in [-0.39, 0.29) is 6.03 Å². The largest absolute Gasteiger partial charge is 0.396 e. The predicted octanol–water partition coefficient (Wildman–Crippen LogP) is 6.11. The fraction of sp³-hybridized carbons (Fsp3) is 0.682. The molecule has 0 saturated heterocycles. The SMILES string of the molecule is O=C(NCCCCCCCCCCCCCCCO)NOc1ccc(Br)cc1. The lowest BCUT2D eigenvalue weighted by Crippen LogP contribution is -2.38. The number of rotatable bonds is 17. The molecular formula is C22H37BrN2O3. The first-order valence-corrected chi connectivity index (χ1v) is 11.6. The van der Waals surface area contributed by atoms with Gasteiger partial charge in [-0.3, -0.25) is 0 Å². The van der Waals surface area contributed by atoms with Crippen molar-refractivity contribution >= 4 is 22.0 Å². The van der Waals surface area contributed by atoms with Gasteiger partial charge in [-0.2, -0.15) is 5.48 Å². The number of hydroxylamine groups is 1. The molecule has 0 heterocycles. The molecule has 1 aromatic carbocycles. The molecule has 0 spiro atoms. The summed E-state index contributed by atoms with van der Waals surface area (Å²) in [7, 11) is 0. The summed E-state index contributed by atoms with van der Waals surface area (Å²) in [6.45, 7) is 1.01. The van der Waals surface area contributed by atoms with Gasteiger partial charge in [-0.1, -0.05) is 86.6 Å². The van der Waals surface area contributed by atoms with Crippen LogP contribution in [0, 0.1) is 0 Å². The molecule has 1 aromatic rings. The van der Waals surface area contributed by atoms with Crippen molar-refractivity contribution in [3.8, 4) is 5.75 Å². The summed E-state index contributed by atoms with van der Waals surface area (Å²) in [6.07, 6.45) is 16.1. The lowest BCUT2D eigenvalue weighted by molar-refractivity contribution is 0.178. The van der Waals surface area contributed by atoms with Crippen molar-refractivity contribution in [1.29, 1.82) is 0 Å². The van der Waals surface area contributed by atoms with Crippen molar-refractivity contribution in [3.05, 3.63) is 28.7 Å². The first-order valence-electron chi connectivity index (χ1n) is 10.8. The molecule has 0 saturated carbocycles. The first-order chi connectivity index (χ1) is 13.7. The average Bonchev–Trinajstić information content (AvgIpc) is 2.70. The van der Waals surface area contributed by atoms with Crippen LogP contribution in [0.25, 0.3) is 0 Å². The maximum Gasteiger partial charge on any atom is 0.347 e. The third-order valence-corrected chi connectivity index (χ3v) is 5.22. The summed E-state index contributed by atoms with van der Waals surface area (Å²) in [6, 6.07) is 6.97. The Labute approximate surface area is 178 Å². The number of urea groups is 1. The van der Waals surface area contributed by atoms with Gasteiger partial charge < -0.3 is 15.3 Å². The number of carbonyl (C=O) groups excluding carboxylic acids is 1. The van der Waals surface area contributed by atoms with Gasteiger partial charge in [0.2, 0.25) is 0 Å². The summed E-state index contributed by atoms with van der Waals surface area (Å²) < 4.78 is 0.967. The van der Waals surface area contributed by atoms with Gasteiger partial charge in [-0.25, -0.2) is 4.79 Å². The fourth-order valence-corrected chi connectivity index (χ4v) is 3.29. The zero-order chi connectivity index (χ0) is 20.3. The molecule has 5 nitrogen and oxygen atoms in total. The highest BCUT2D eigenvalue weighted by molar-refractivity contribution is 9.10. The minimum absolute atomic E-state index is 0.306. The third-order valence-electron chi connectivity index (χ3n) is 4.70. The van der Waals surface area contributed by atoms with Crippen LogP contribution in [0.1, 0.15) is 83.5 Å². The molecule has 0 bridgehead atoms. The van der Waals surface area contributed by atoms with Gasteiger partial charge >= 0.3 is 6.03 Å². The highest BCUT2D eigenvalue weighted by atomic mass is 79.9. The molecule has 0 atom stereocenters. The van der Waals surface area contributed by atoms with Crippen LogP contribution in [0.4, 0.5) is 4.79 Å². The van der Waals surface area contributed by atoms with Gasteiger partial charge in [-0.05, 0) is 37.1 Å². The van der Waals surface area contributed by atoms with E-state index in [2.05, 4.69) is 26.7 Å². The minimum Gasteiger partial charge on any atom is -0.396 e. The van der Waals surface area contributed by atoms with Crippen LogP contribution in [0.3, 0.4) is 0 Å². The summed E-state index contributed by atoms with van der Waals surface area (Å²) >= 11 is 3.35. The highest BCUT2D eigenvalue weighted by Gasteiger charge is 2.01. The third kappa shape index (κ3) is 14.7. The summed E-state index contributed by atoms with van der Waals surface area (Å²) in [5, 5.41) is 11.5. The molecule has 0 unspecified atom stereocenters. The summed E-state index contributed by atoms with van der Waals surface area (Å²) in [4.78, 5) is 16.9. The van der Waals surface area contributed by atoms with Crippen LogP contribution in [-0.4, -0.2) is 24.3 Å². The maximum absolute atomic E-state index is 11.6. The fourth-order valence-electron chi connectivity index (χ4n) is 3.03. The van der Waals surface area contributed by atoms with E-state index in [1.165, 1.54) is 64.2 Å². The predicted molar refractivity (Wildman–Crippen MR) is 118 cm³/mol. The van der Waals surface area contributed by atoms with E-state index >= 15 is 0 Å². The zero-order valence-electron chi connectivity index (χ0n) is 17.1. The summed E-state index contributed by atoms with van der Waals surface area (Å²) in [5.41, 5.74) is 2.39. The molecule has 2 amide bonds. The number of hydrogen-bond acceptors (Lipinski definition) is 3. The van der Waals surface area contributed by atoms with Crippen molar-refractivity contribution in [1.82, 2.24) is 10.8 Å². The number of halogens is 1. The second-order valence-corrected chi connectivity index (χ2v) is 8.15. The van der Waals surface area contributed by atoms with E-state index in [0.29, 0.717) is 18.9 Å². The van der Waals surface area contributed by atoms with E-state index in [1.54, 1.807) is 12.1 Å². The monoisotopic (exact) mass is 456 g/mol. The maximum atomic E-state index is 11.6. The standard InChI is InChI=1S/C22H37BrN2O3/c23-20-14-16-21(17-15-20)28-25-22(27)24-18-12-10-8-6-4-2-1-3-5-7-9-11-13-19-26/h14-17,26H,1-13,18-19H2,(H2,24,25,27). The Morgan fingerprint density at radius 2 is 1.25 bits per heavy atom. The van der Waals surface area contributed by atoms with Crippen LogP contribution in [0.15, 0.2) is 28.7 Å². The number of aliphatic hydroxyl groups excluding tert-OH is 1. The van der Waals surface area contributed by atoms with E-state index in [4.69, 9.17) is 9.94 Å². The van der Waals surface area contributed by atoms with Gasteiger partial charge in [0.05, 0.1) is 0 Å². The van der Waals surface area contributed by atoms with Crippen molar-refractivity contribution in [2.24, 2.45) is 0 Å². The number of nitrogens with one attached hydrogen (secondary N) is 2. The second-order valence-electron chi connectivity index (χ2n) is 7.23. The topological polar surface area (TPSA) is 70.6 Å². The molecule has 160 valence electrons. The molecule has 28 heavy (non-hydrogen) atoms. The van der Waals surface area contributed by atoms with Crippen LogP contribution in [0.5, 0.6) is 5.75 Å². The molecular weight excluding hydrogens is 420 g/mol. The molecule has 6 heteroatoms. The quantitative estimate of drug-likeness (QED) is 0.195. The molecule has 0 aliphatic carbocycles. The van der Waals surface area contributed by atoms with Crippen LogP contribution in [0.2, 0.25) is 0 Å². The first kappa shape index (κ1) is 24.8. The molecule has 0 fully saturated rings. The number of hydrogen-bond donors (Lipinski definition) is 3. The van der Waals surface area contributed by atoms with Crippen LogP contribution >= 0.6 is 15.9 Å². The molecule has 0 aliphatic rings. The lowest BCUT2D eigenvalue weighted by Gasteiger charge is -2.08. The zero-order valence-corrected chi connectivity index (χ0v) is 18.6. The number of amides is 2. The van der Waals surface area contributed by atoms with Crippen molar-refractivity contribution in [2.45, 2.75) is 83.5 Å². The number of aliphatic hydroxyl groups is 1. The Morgan fingerprint density at radius 1 is 0.786 bits per heavy atom. The molecule has 3 N–H and O–H groups in total. The van der Waals surface area contributed by atoms with E-state index in [0.717, 1.165) is 23.7 Å². The number of benzene rings is 1. The Hall–Kier alpha value is -1.27. The van der Waals surface area contributed by atoms with Gasteiger partial charge in [0.25, 0.3) is 0 Å². The van der Waals surface area contributed by atoms with Crippen molar-refractivity contribution in [2.75, 3.05) is 13.2 Å². The van der Waals surface area contributed by atoms with Crippen LogP contribution in [-0.2, 0) is 0 Å². The molecule has 1 rings (SSSR count). The smallest absolute Gasteiger partial charge is 0.347 e. The Kier molecular flexibility index (Phi) is 15.7. The highest BCUT2D eigenvalue weighted by Crippen LogP contribution is 2.15. The van der Waals surface area contributed by atoms with E-state index < -0.39 is 0 Å². The molecule has 0 radical (unpaired) electrons. The lowest BCUT2D eigenvalue weighted by atomic mass is 10.0. The van der Waals surface area contributed by atoms with Crippen LogP contribution < -0.4 is 15.6 Å². The normalized spacial score (nSPS) is 10.6. The van der Waals surface area contributed by atoms with Crippen molar-refractivity contribution < 1.29 is 14.7 Å². The summed E-state index contributed by atoms with van der Waals surface area (Å²) in [5.74, 6) is 0.597. The number of carbonyl (C=O) groups is 1. The Bertz CT molecular complexity index is 497.